The summed E-state index contributed by atoms with van der Waals surface area (Å²) in [5.41, 5.74) is 0.766. The second kappa shape index (κ2) is 6.27. The fourth-order valence-electron chi connectivity index (χ4n) is 0.531. The first-order chi connectivity index (χ1) is 5.20. The van der Waals surface area contributed by atoms with E-state index >= 15 is 0 Å². The summed E-state index contributed by atoms with van der Waals surface area (Å²) in [4.78, 5) is 10.3. The summed E-state index contributed by atoms with van der Waals surface area (Å²) in [5, 5.41) is 0. The van der Waals surface area contributed by atoms with Crippen molar-refractivity contribution in [2.45, 2.75) is 26.7 Å². The Hall–Kier alpha value is -0.850. The summed E-state index contributed by atoms with van der Waals surface area (Å²) in [6.45, 7) is 3.70. The molecule has 0 heterocycles. The van der Waals surface area contributed by atoms with Gasteiger partial charge in [0.25, 0.3) is 0 Å². The van der Waals surface area contributed by atoms with Crippen LogP contribution in [0.15, 0.2) is 23.8 Å². The monoisotopic (exact) mass is 139 g/mol. The first-order valence-electron chi connectivity index (χ1n) is 4.03. The molecule has 56 valence electrons. The molecule has 0 fully saturated rings. The van der Waals surface area contributed by atoms with E-state index in [1.54, 1.807) is 25.2 Å². The van der Waals surface area contributed by atoms with Gasteiger partial charge in [-0.1, -0.05) is 32.1 Å². The van der Waals surface area contributed by atoms with Gasteiger partial charge in [-0.25, -0.2) is 0 Å². The SMILES string of the molecule is [2H]C(C)C=CC=C(C=O)CC. The zero-order chi connectivity index (χ0) is 8.69. The molecule has 0 rings (SSSR count). The minimum absolute atomic E-state index is 0.198. The molecule has 0 radical (unpaired) electrons. The van der Waals surface area contributed by atoms with Crippen LogP contribution in [0.4, 0.5) is 0 Å². The standard InChI is InChI=1S/C9H14O/c1-3-5-6-7-9(4-2)8-10/h5-8H,3-4H2,1-2H3/i3D. The molecule has 0 aromatic rings. The molecule has 0 saturated carbocycles. The van der Waals surface area contributed by atoms with Crippen LogP contribution in [-0.2, 0) is 4.79 Å². The van der Waals surface area contributed by atoms with Crippen LogP contribution in [0.5, 0.6) is 0 Å². The van der Waals surface area contributed by atoms with E-state index in [0.29, 0.717) is 0 Å². The predicted octanol–water partition coefficient (Wildman–Crippen LogP) is 2.49. The molecule has 1 nitrogen and oxygen atoms in total. The number of hydrogen-bond donors (Lipinski definition) is 0. The highest BCUT2D eigenvalue weighted by Gasteiger charge is 1.84. The molecule has 1 atom stereocenters. The Balaban J connectivity index is 3.97. The van der Waals surface area contributed by atoms with Gasteiger partial charge < -0.3 is 0 Å². The lowest BCUT2D eigenvalue weighted by Crippen LogP contribution is -1.78. The maximum absolute atomic E-state index is 10.3. The molecule has 10 heavy (non-hydrogen) atoms. The zero-order valence-electron chi connectivity index (χ0n) is 7.50. The van der Waals surface area contributed by atoms with Gasteiger partial charge in [-0.2, -0.15) is 0 Å². The van der Waals surface area contributed by atoms with Crippen LogP contribution in [0.2, 0.25) is 0 Å². The summed E-state index contributed by atoms with van der Waals surface area (Å²) in [5.74, 6) is 0. The van der Waals surface area contributed by atoms with Crippen molar-refractivity contribution in [2.75, 3.05) is 0 Å². The smallest absolute Gasteiger partial charge is 0.146 e. The largest absolute Gasteiger partial charge is 0.298 e. The van der Waals surface area contributed by atoms with E-state index in [9.17, 15) is 4.79 Å². The lowest BCUT2D eigenvalue weighted by atomic mass is 10.2. The summed E-state index contributed by atoms with van der Waals surface area (Å²) < 4.78 is 7.13. The third kappa shape index (κ3) is 4.07. The van der Waals surface area contributed by atoms with Gasteiger partial charge in [0.05, 0.1) is 0 Å². The van der Waals surface area contributed by atoms with E-state index in [-0.39, 0.29) is 6.40 Å². The number of carbonyl (C=O) groups is 1. The van der Waals surface area contributed by atoms with Crippen LogP contribution in [-0.4, -0.2) is 6.29 Å². The Morgan fingerprint density at radius 1 is 1.60 bits per heavy atom. The molecular weight excluding hydrogens is 124 g/mol. The minimum atomic E-state index is -0.198. The van der Waals surface area contributed by atoms with E-state index in [1.807, 2.05) is 6.92 Å². The molecule has 0 aliphatic heterocycles. The molecule has 0 amide bonds. The Morgan fingerprint density at radius 3 is 2.70 bits per heavy atom. The number of rotatable bonds is 4. The third-order valence-corrected chi connectivity index (χ3v) is 1.17. The topological polar surface area (TPSA) is 17.1 Å². The molecule has 0 N–H and O–H groups in total. The van der Waals surface area contributed by atoms with Gasteiger partial charge in [-0.15, -0.1) is 0 Å². The minimum Gasteiger partial charge on any atom is -0.298 e. The van der Waals surface area contributed by atoms with Gasteiger partial charge in [0.15, 0.2) is 0 Å². The van der Waals surface area contributed by atoms with Crippen LogP contribution in [0.3, 0.4) is 0 Å². The highest BCUT2D eigenvalue weighted by molar-refractivity contribution is 5.73. The first kappa shape index (κ1) is 7.26. The van der Waals surface area contributed by atoms with Gasteiger partial charge in [-0.3, -0.25) is 4.79 Å². The molecule has 0 aromatic heterocycles. The summed E-state index contributed by atoms with van der Waals surface area (Å²) in [6, 6.07) is 0. The second-order valence-electron chi connectivity index (χ2n) is 1.93. The fraction of sp³-hybridized carbons (Fsp3) is 0.444. The van der Waals surface area contributed by atoms with Crippen LogP contribution in [0, 0.1) is 0 Å². The van der Waals surface area contributed by atoms with Crippen molar-refractivity contribution in [2.24, 2.45) is 0 Å². The van der Waals surface area contributed by atoms with Crippen molar-refractivity contribution in [1.82, 2.24) is 0 Å². The van der Waals surface area contributed by atoms with Gasteiger partial charge in [0, 0.05) is 1.37 Å². The van der Waals surface area contributed by atoms with Crippen molar-refractivity contribution in [3.63, 3.8) is 0 Å². The van der Waals surface area contributed by atoms with E-state index in [4.69, 9.17) is 1.37 Å². The Labute approximate surface area is 63.8 Å². The van der Waals surface area contributed by atoms with Crippen LogP contribution in [0.25, 0.3) is 0 Å². The van der Waals surface area contributed by atoms with Crippen LogP contribution in [0.1, 0.15) is 28.0 Å². The molecule has 0 spiro atoms. The van der Waals surface area contributed by atoms with Crippen molar-refractivity contribution in [1.29, 1.82) is 0 Å². The maximum atomic E-state index is 10.3. The third-order valence-electron chi connectivity index (χ3n) is 1.17. The first-order valence-corrected chi connectivity index (χ1v) is 3.45. The van der Waals surface area contributed by atoms with Gasteiger partial charge in [-0.05, 0) is 18.4 Å². The number of carbonyl (C=O) groups excluding carboxylic acids is 1. The van der Waals surface area contributed by atoms with Crippen LogP contribution < -0.4 is 0 Å². The summed E-state index contributed by atoms with van der Waals surface area (Å²) in [7, 11) is 0. The molecule has 0 aliphatic carbocycles. The molecule has 0 saturated heterocycles. The van der Waals surface area contributed by atoms with E-state index in [1.165, 1.54) is 0 Å². The van der Waals surface area contributed by atoms with Crippen molar-refractivity contribution >= 4 is 6.29 Å². The quantitative estimate of drug-likeness (QED) is 0.332. The van der Waals surface area contributed by atoms with Crippen LogP contribution >= 0.6 is 0 Å². The summed E-state index contributed by atoms with van der Waals surface area (Å²) in [6.07, 6.45) is 6.64. The van der Waals surface area contributed by atoms with Crippen molar-refractivity contribution in [3.8, 4) is 0 Å². The van der Waals surface area contributed by atoms with E-state index in [0.717, 1.165) is 18.3 Å². The van der Waals surface area contributed by atoms with Gasteiger partial charge in [0.1, 0.15) is 6.29 Å². The number of aldehydes is 1. The highest BCUT2D eigenvalue weighted by atomic mass is 16.1. The molecule has 0 aromatic carbocycles. The Morgan fingerprint density at radius 2 is 2.30 bits per heavy atom. The summed E-state index contributed by atoms with van der Waals surface area (Å²) >= 11 is 0. The lowest BCUT2D eigenvalue weighted by Gasteiger charge is -1.86. The van der Waals surface area contributed by atoms with E-state index in [2.05, 4.69) is 0 Å². The molecule has 0 aliphatic rings. The molecule has 1 unspecified atom stereocenters. The Bertz CT molecular complexity index is 168. The average Bonchev–Trinajstić information content (AvgIpc) is 1.98. The van der Waals surface area contributed by atoms with Gasteiger partial charge in [0.2, 0.25) is 0 Å². The average molecular weight is 139 g/mol. The normalized spacial score (nSPS) is 17.0. The van der Waals surface area contributed by atoms with Gasteiger partial charge >= 0.3 is 0 Å². The molecule has 0 bridgehead atoms. The molecular formula is C9H14O. The lowest BCUT2D eigenvalue weighted by molar-refractivity contribution is -0.105. The second-order valence-corrected chi connectivity index (χ2v) is 1.93. The zero-order valence-corrected chi connectivity index (χ0v) is 6.50. The molecule has 1 heteroatoms. The van der Waals surface area contributed by atoms with Crippen molar-refractivity contribution < 1.29 is 6.17 Å². The van der Waals surface area contributed by atoms with Crippen molar-refractivity contribution in [3.05, 3.63) is 23.8 Å². The Kier molecular flexibility index (Phi) is 4.55. The number of allylic oxidation sites excluding steroid dienone is 4. The highest BCUT2D eigenvalue weighted by Crippen LogP contribution is 1.95. The fourth-order valence-corrected chi connectivity index (χ4v) is 0.531. The predicted molar refractivity (Wildman–Crippen MR) is 43.9 cm³/mol. The van der Waals surface area contributed by atoms with E-state index < -0.39 is 0 Å². The maximum Gasteiger partial charge on any atom is 0.146 e. The number of hydrogen-bond acceptors (Lipinski definition) is 1.